The van der Waals surface area contributed by atoms with Gasteiger partial charge in [-0.1, -0.05) is 15.9 Å². The molecule has 0 unspecified atom stereocenters. The van der Waals surface area contributed by atoms with Crippen LogP contribution in [0.25, 0.3) is 0 Å². The van der Waals surface area contributed by atoms with Crippen molar-refractivity contribution in [3.05, 3.63) is 27.7 Å². The lowest BCUT2D eigenvalue weighted by Gasteiger charge is -2.28. The van der Waals surface area contributed by atoms with E-state index in [2.05, 4.69) is 20.7 Å². The molecule has 1 aliphatic rings. The zero-order valence-electron chi connectivity index (χ0n) is 9.70. The molecule has 4 nitrogen and oxygen atoms in total. The summed E-state index contributed by atoms with van der Waals surface area (Å²) in [5, 5.41) is 8.64. The van der Waals surface area contributed by atoms with E-state index in [1.807, 2.05) is 6.07 Å². The molecule has 0 spiro atoms. The molecule has 0 saturated carbocycles. The van der Waals surface area contributed by atoms with E-state index in [9.17, 15) is 13.6 Å². The molecule has 1 amide bonds. The molecule has 1 aliphatic heterocycles. The Morgan fingerprint density at radius 3 is 2.89 bits per heavy atom. The van der Waals surface area contributed by atoms with E-state index in [0.717, 1.165) is 0 Å². The van der Waals surface area contributed by atoms with Gasteiger partial charge < -0.3 is 9.64 Å². The van der Waals surface area contributed by atoms with Crippen molar-refractivity contribution in [2.75, 3.05) is 13.1 Å². The molecule has 1 aromatic carbocycles. The van der Waals surface area contributed by atoms with Crippen molar-refractivity contribution in [1.82, 2.24) is 4.90 Å². The third-order valence-electron chi connectivity index (χ3n) is 2.78. The van der Waals surface area contributed by atoms with Gasteiger partial charge in [-0.15, -0.1) is 0 Å². The van der Waals surface area contributed by atoms with Crippen LogP contribution in [-0.4, -0.2) is 30.5 Å². The summed E-state index contributed by atoms with van der Waals surface area (Å²) < 4.78 is 29.7. The van der Waals surface area contributed by atoms with Gasteiger partial charge in [-0.3, -0.25) is 4.79 Å². The van der Waals surface area contributed by atoms with Gasteiger partial charge in [0.1, 0.15) is 12.3 Å². The minimum Gasteiger partial charge on any atom is -0.434 e. The maximum atomic E-state index is 12.4. The van der Waals surface area contributed by atoms with Gasteiger partial charge in [0, 0.05) is 11.0 Å². The van der Waals surface area contributed by atoms with Crippen LogP contribution in [0.1, 0.15) is 15.9 Å². The summed E-state index contributed by atoms with van der Waals surface area (Å²) in [6.07, 6.45) is 0.502. The molecule has 19 heavy (non-hydrogen) atoms. The molecule has 0 fully saturated rings. The van der Waals surface area contributed by atoms with Crippen LogP contribution < -0.4 is 4.74 Å². The van der Waals surface area contributed by atoms with Crippen molar-refractivity contribution in [3.63, 3.8) is 0 Å². The van der Waals surface area contributed by atoms with Crippen LogP contribution in [0, 0.1) is 11.3 Å². The van der Waals surface area contributed by atoms with Crippen LogP contribution in [0.2, 0.25) is 0 Å². The molecule has 0 aliphatic carbocycles. The fourth-order valence-corrected chi connectivity index (χ4v) is 2.50. The highest BCUT2D eigenvalue weighted by atomic mass is 79.9. The third-order valence-corrected chi connectivity index (χ3v) is 3.24. The van der Waals surface area contributed by atoms with Gasteiger partial charge in [0.2, 0.25) is 0 Å². The van der Waals surface area contributed by atoms with Gasteiger partial charge in [-0.05, 0) is 24.1 Å². The molecule has 2 rings (SSSR count). The van der Waals surface area contributed by atoms with Crippen LogP contribution in [0.15, 0.2) is 16.6 Å². The Balaban J connectivity index is 2.45. The van der Waals surface area contributed by atoms with Gasteiger partial charge in [-0.2, -0.15) is 14.0 Å². The van der Waals surface area contributed by atoms with E-state index in [4.69, 9.17) is 5.26 Å². The zero-order valence-corrected chi connectivity index (χ0v) is 11.3. The van der Waals surface area contributed by atoms with Crippen molar-refractivity contribution < 1.29 is 18.3 Å². The van der Waals surface area contributed by atoms with Crippen molar-refractivity contribution in [3.8, 4) is 11.8 Å². The smallest absolute Gasteiger partial charge is 0.387 e. The predicted octanol–water partition coefficient (Wildman–Crippen LogP) is 2.57. The zero-order chi connectivity index (χ0) is 14.0. The van der Waals surface area contributed by atoms with Crippen molar-refractivity contribution >= 4 is 21.8 Å². The number of hydrogen-bond donors (Lipinski definition) is 0. The molecule has 100 valence electrons. The molecule has 7 heteroatoms. The summed E-state index contributed by atoms with van der Waals surface area (Å²) in [6.45, 7) is -2.68. The molecule has 0 atom stereocenters. The second-order valence-corrected chi connectivity index (χ2v) is 4.87. The lowest BCUT2D eigenvalue weighted by Crippen LogP contribution is -2.38. The molecule has 1 heterocycles. The second kappa shape index (κ2) is 5.53. The summed E-state index contributed by atoms with van der Waals surface area (Å²) >= 11 is 3.19. The number of hydrogen-bond acceptors (Lipinski definition) is 3. The van der Waals surface area contributed by atoms with Gasteiger partial charge in [-0.25, -0.2) is 0 Å². The lowest BCUT2D eigenvalue weighted by molar-refractivity contribution is -0.0504. The standard InChI is InChI=1S/C12H9BrF2N2O2/c13-8-5-7-1-3-17(4-2-16)11(18)10(7)9(6-8)19-12(14)15/h5-6,12H,1,3-4H2. The predicted molar refractivity (Wildman–Crippen MR) is 66.0 cm³/mol. The number of carbonyl (C=O) groups excluding carboxylic acids is 1. The number of amides is 1. The number of rotatable bonds is 3. The SMILES string of the molecule is N#CCN1CCc2cc(Br)cc(OC(F)F)c2C1=O. The van der Waals surface area contributed by atoms with Crippen LogP contribution in [0.3, 0.4) is 0 Å². The van der Waals surface area contributed by atoms with E-state index < -0.39 is 12.5 Å². The number of benzene rings is 1. The van der Waals surface area contributed by atoms with E-state index in [1.165, 1.54) is 11.0 Å². The van der Waals surface area contributed by atoms with Crippen molar-refractivity contribution in [2.24, 2.45) is 0 Å². The average Bonchev–Trinajstić information content (AvgIpc) is 2.31. The Hall–Kier alpha value is -1.68. The van der Waals surface area contributed by atoms with Gasteiger partial charge in [0.05, 0.1) is 11.6 Å². The van der Waals surface area contributed by atoms with Crippen LogP contribution in [-0.2, 0) is 6.42 Å². The highest BCUT2D eigenvalue weighted by Crippen LogP contribution is 2.32. The maximum absolute atomic E-state index is 12.4. The largest absolute Gasteiger partial charge is 0.434 e. The van der Waals surface area contributed by atoms with E-state index >= 15 is 0 Å². The minimum absolute atomic E-state index is 0.0670. The summed E-state index contributed by atoms with van der Waals surface area (Å²) in [5.74, 6) is -0.613. The summed E-state index contributed by atoms with van der Waals surface area (Å²) in [4.78, 5) is 13.5. The fraction of sp³-hybridized carbons (Fsp3) is 0.333. The third kappa shape index (κ3) is 2.84. The molecule has 0 bridgehead atoms. The lowest BCUT2D eigenvalue weighted by atomic mass is 9.98. The monoisotopic (exact) mass is 330 g/mol. The first-order valence-corrected chi connectivity index (χ1v) is 6.25. The van der Waals surface area contributed by atoms with Crippen LogP contribution in [0.5, 0.6) is 5.75 Å². The Morgan fingerprint density at radius 2 is 2.26 bits per heavy atom. The van der Waals surface area contributed by atoms with Gasteiger partial charge in [0.15, 0.2) is 0 Å². The number of nitriles is 1. The Bertz CT molecular complexity index is 557. The molecular formula is C12H9BrF2N2O2. The maximum Gasteiger partial charge on any atom is 0.387 e. The van der Waals surface area contributed by atoms with Crippen LogP contribution >= 0.6 is 15.9 Å². The number of fused-ring (bicyclic) bond motifs is 1. The highest BCUT2D eigenvalue weighted by molar-refractivity contribution is 9.10. The highest BCUT2D eigenvalue weighted by Gasteiger charge is 2.29. The Morgan fingerprint density at radius 1 is 1.53 bits per heavy atom. The topological polar surface area (TPSA) is 53.3 Å². The normalized spacial score (nSPS) is 14.3. The molecule has 0 radical (unpaired) electrons. The molecule has 1 aromatic rings. The van der Waals surface area contributed by atoms with E-state index in [0.29, 0.717) is 23.0 Å². The average molecular weight is 331 g/mol. The number of carbonyl (C=O) groups is 1. The number of halogens is 3. The summed E-state index contributed by atoms with van der Waals surface area (Å²) in [7, 11) is 0. The minimum atomic E-state index is -3.00. The Kier molecular flexibility index (Phi) is 4.00. The molecule has 0 saturated heterocycles. The number of ether oxygens (including phenoxy) is 1. The summed E-state index contributed by atoms with van der Waals surface area (Å²) in [6, 6.07) is 4.91. The molecular weight excluding hydrogens is 322 g/mol. The molecule has 0 N–H and O–H groups in total. The first-order chi connectivity index (χ1) is 9.02. The first-order valence-electron chi connectivity index (χ1n) is 5.46. The number of nitrogens with zero attached hydrogens (tertiary/aromatic N) is 2. The molecule has 0 aromatic heterocycles. The van der Waals surface area contributed by atoms with Crippen LogP contribution in [0.4, 0.5) is 8.78 Å². The van der Waals surface area contributed by atoms with E-state index in [-0.39, 0.29) is 17.9 Å². The Labute approximate surface area is 116 Å². The van der Waals surface area contributed by atoms with Gasteiger partial charge in [0.25, 0.3) is 5.91 Å². The van der Waals surface area contributed by atoms with Crippen molar-refractivity contribution in [1.29, 1.82) is 5.26 Å². The van der Waals surface area contributed by atoms with E-state index in [1.54, 1.807) is 6.07 Å². The summed E-state index contributed by atoms with van der Waals surface area (Å²) in [5.41, 5.74) is 0.759. The first kappa shape index (κ1) is 13.7. The van der Waals surface area contributed by atoms with Gasteiger partial charge >= 0.3 is 6.61 Å². The quantitative estimate of drug-likeness (QED) is 0.800. The van der Waals surface area contributed by atoms with Crippen molar-refractivity contribution in [2.45, 2.75) is 13.0 Å². The number of alkyl halides is 2. The second-order valence-electron chi connectivity index (χ2n) is 3.95. The fourth-order valence-electron chi connectivity index (χ4n) is 2.02.